The van der Waals surface area contributed by atoms with Crippen LogP contribution in [0, 0.1) is 0 Å². The molecule has 100 valence electrons. The zero-order valence-corrected chi connectivity index (χ0v) is 11.0. The Balaban J connectivity index is 0.000000117. The van der Waals surface area contributed by atoms with Crippen LogP contribution in [0.1, 0.15) is 0 Å². The number of nitrogens with one attached hydrogen (secondary N) is 1. The summed E-state index contributed by atoms with van der Waals surface area (Å²) < 4.78 is 5.12. The lowest BCUT2D eigenvalue weighted by Gasteiger charge is -1.81. The Morgan fingerprint density at radius 3 is 2.00 bits per heavy atom. The summed E-state index contributed by atoms with van der Waals surface area (Å²) in [6.45, 7) is 0. The van der Waals surface area contributed by atoms with Gasteiger partial charge in [-0.1, -0.05) is 24.3 Å². The van der Waals surface area contributed by atoms with Crippen molar-refractivity contribution in [2.24, 2.45) is 0 Å². The maximum atomic E-state index is 5.12. The van der Waals surface area contributed by atoms with Gasteiger partial charge >= 0.3 is 0 Å². The number of hydrogen-bond acceptors (Lipinski definition) is 2. The van der Waals surface area contributed by atoms with Gasteiger partial charge in [-0.05, 0) is 36.4 Å². The van der Waals surface area contributed by atoms with E-state index in [4.69, 9.17) is 4.42 Å². The molecule has 0 saturated carbocycles. The van der Waals surface area contributed by atoms with Gasteiger partial charge in [-0.25, -0.2) is 0 Å². The second-order valence-electron chi connectivity index (χ2n) is 3.87. The van der Waals surface area contributed by atoms with E-state index in [1.165, 1.54) is 0 Å². The van der Waals surface area contributed by atoms with Crippen LogP contribution in [0.15, 0.2) is 96.1 Å². The van der Waals surface area contributed by atoms with Gasteiger partial charge in [0.2, 0.25) is 0 Å². The number of para-hydroxylation sites is 1. The number of benzene rings is 1. The molecule has 0 radical (unpaired) electrons. The summed E-state index contributed by atoms with van der Waals surface area (Å²) in [5.74, 6) is 0. The van der Waals surface area contributed by atoms with Gasteiger partial charge in [0.25, 0.3) is 0 Å². The SMILES string of the molecule is c1cc[nH]c1.c1ccc2occc2c1.c1ccncc1. The van der Waals surface area contributed by atoms with Gasteiger partial charge in [0.1, 0.15) is 5.58 Å². The Labute approximate surface area is 117 Å². The van der Waals surface area contributed by atoms with Crippen LogP contribution in [0.3, 0.4) is 0 Å². The first-order chi connectivity index (χ1) is 9.97. The van der Waals surface area contributed by atoms with E-state index in [2.05, 4.69) is 9.97 Å². The van der Waals surface area contributed by atoms with E-state index in [9.17, 15) is 0 Å². The fourth-order valence-electron chi connectivity index (χ4n) is 1.50. The molecule has 20 heavy (non-hydrogen) atoms. The molecule has 1 N–H and O–H groups in total. The highest BCUT2D eigenvalue weighted by molar-refractivity contribution is 5.76. The molecule has 3 heterocycles. The molecule has 3 nitrogen and oxygen atoms in total. The Bertz CT molecular complexity index is 598. The van der Waals surface area contributed by atoms with Crippen LogP contribution in [-0.4, -0.2) is 9.97 Å². The summed E-state index contributed by atoms with van der Waals surface area (Å²) in [5, 5.41) is 1.16. The van der Waals surface area contributed by atoms with Gasteiger partial charge < -0.3 is 9.40 Å². The van der Waals surface area contributed by atoms with Crippen molar-refractivity contribution in [3.63, 3.8) is 0 Å². The lowest BCUT2D eigenvalue weighted by Crippen LogP contribution is -1.58. The standard InChI is InChI=1S/C8H6O.C5H5N.C4H5N/c1-2-4-8-7(3-1)5-6-9-8;1-2-4-6-5-3-1;1-2-4-5-3-1/h1-6H;1-5H;1-5H. The minimum Gasteiger partial charge on any atom is -0.464 e. The quantitative estimate of drug-likeness (QED) is 0.507. The molecule has 0 aliphatic rings. The fraction of sp³-hybridized carbons (Fsp3) is 0. The molecule has 4 rings (SSSR count). The van der Waals surface area contributed by atoms with Crippen LogP contribution < -0.4 is 0 Å². The Morgan fingerprint density at radius 2 is 1.50 bits per heavy atom. The number of aromatic nitrogens is 2. The molecule has 0 atom stereocenters. The largest absolute Gasteiger partial charge is 0.464 e. The number of nitrogens with zero attached hydrogens (tertiary/aromatic N) is 1. The minimum atomic E-state index is 0.956. The molecule has 0 aliphatic heterocycles. The van der Waals surface area contributed by atoms with Crippen LogP contribution in [0.5, 0.6) is 0 Å². The summed E-state index contributed by atoms with van der Waals surface area (Å²) in [6, 6.07) is 19.5. The third kappa shape index (κ3) is 4.82. The van der Waals surface area contributed by atoms with Crippen LogP contribution in [0.25, 0.3) is 11.0 Å². The topological polar surface area (TPSA) is 41.8 Å². The average Bonchev–Trinajstić information content (AvgIpc) is 3.24. The van der Waals surface area contributed by atoms with Crippen molar-refractivity contribution in [3.05, 3.63) is 91.7 Å². The van der Waals surface area contributed by atoms with Crippen molar-refractivity contribution in [2.75, 3.05) is 0 Å². The molecular weight excluding hydrogens is 248 g/mol. The average molecular weight is 264 g/mol. The van der Waals surface area contributed by atoms with Crippen LogP contribution >= 0.6 is 0 Å². The molecule has 1 aromatic carbocycles. The highest BCUT2D eigenvalue weighted by Gasteiger charge is 1.89. The van der Waals surface area contributed by atoms with Crippen molar-refractivity contribution >= 4 is 11.0 Å². The van der Waals surface area contributed by atoms with Gasteiger partial charge in [-0.2, -0.15) is 0 Å². The number of furan rings is 1. The van der Waals surface area contributed by atoms with Crippen molar-refractivity contribution in [3.8, 4) is 0 Å². The predicted molar refractivity (Wildman–Crippen MR) is 81.2 cm³/mol. The number of H-pyrrole nitrogens is 1. The van der Waals surface area contributed by atoms with E-state index in [0.29, 0.717) is 0 Å². The van der Waals surface area contributed by atoms with E-state index in [0.717, 1.165) is 11.0 Å². The highest BCUT2D eigenvalue weighted by Crippen LogP contribution is 2.12. The number of fused-ring (bicyclic) bond motifs is 1. The van der Waals surface area contributed by atoms with Crippen molar-refractivity contribution in [1.29, 1.82) is 0 Å². The molecule has 0 unspecified atom stereocenters. The molecular formula is C17H16N2O. The van der Waals surface area contributed by atoms with Gasteiger partial charge in [0, 0.05) is 30.2 Å². The maximum absolute atomic E-state index is 5.12. The molecule has 3 heteroatoms. The highest BCUT2D eigenvalue weighted by atomic mass is 16.3. The first kappa shape index (κ1) is 13.6. The third-order valence-electron chi connectivity index (χ3n) is 2.42. The van der Waals surface area contributed by atoms with E-state index >= 15 is 0 Å². The van der Waals surface area contributed by atoms with Crippen LogP contribution in [0.2, 0.25) is 0 Å². The second-order valence-corrected chi connectivity index (χ2v) is 3.87. The first-order valence-electron chi connectivity index (χ1n) is 6.32. The van der Waals surface area contributed by atoms with Crippen LogP contribution in [-0.2, 0) is 0 Å². The molecule has 0 saturated heterocycles. The van der Waals surface area contributed by atoms with Gasteiger partial charge in [0.05, 0.1) is 6.26 Å². The molecule has 3 aromatic heterocycles. The monoisotopic (exact) mass is 264 g/mol. The third-order valence-corrected chi connectivity index (χ3v) is 2.42. The first-order valence-corrected chi connectivity index (χ1v) is 6.32. The van der Waals surface area contributed by atoms with Gasteiger partial charge in [-0.3, -0.25) is 4.98 Å². The molecule has 0 fully saturated rings. The Hall–Kier alpha value is -2.81. The van der Waals surface area contributed by atoms with Crippen molar-refractivity contribution in [1.82, 2.24) is 9.97 Å². The lowest BCUT2D eigenvalue weighted by molar-refractivity contribution is 0.616. The summed E-state index contributed by atoms with van der Waals surface area (Å²) in [5.41, 5.74) is 0.956. The van der Waals surface area contributed by atoms with E-state index in [1.807, 2.05) is 73.1 Å². The smallest absolute Gasteiger partial charge is 0.133 e. The minimum absolute atomic E-state index is 0.956. The van der Waals surface area contributed by atoms with E-state index in [-0.39, 0.29) is 0 Å². The predicted octanol–water partition coefficient (Wildman–Crippen LogP) is 4.53. The van der Waals surface area contributed by atoms with Crippen molar-refractivity contribution in [2.45, 2.75) is 0 Å². The normalized spacial score (nSPS) is 9.00. The van der Waals surface area contributed by atoms with Crippen LogP contribution in [0.4, 0.5) is 0 Å². The van der Waals surface area contributed by atoms with E-state index in [1.54, 1.807) is 18.7 Å². The summed E-state index contributed by atoms with van der Waals surface area (Å²) in [6.07, 6.45) is 8.95. The molecule has 0 spiro atoms. The number of hydrogen-bond donors (Lipinski definition) is 1. The number of aromatic amines is 1. The molecule has 0 bridgehead atoms. The van der Waals surface area contributed by atoms with E-state index < -0.39 is 0 Å². The zero-order valence-electron chi connectivity index (χ0n) is 11.0. The molecule has 0 aliphatic carbocycles. The number of pyridine rings is 1. The van der Waals surface area contributed by atoms with Gasteiger partial charge in [0.15, 0.2) is 0 Å². The van der Waals surface area contributed by atoms with Crippen molar-refractivity contribution < 1.29 is 4.42 Å². The van der Waals surface area contributed by atoms with Gasteiger partial charge in [-0.15, -0.1) is 0 Å². The molecule has 4 aromatic rings. The Kier molecular flexibility index (Phi) is 5.66. The lowest BCUT2D eigenvalue weighted by atomic mass is 10.3. The second kappa shape index (κ2) is 8.32. The Morgan fingerprint density at radius 1 is 0.750 bits per heavy atom. The number of rotatable bonds is 0. The molecule has 0 amide bonds. The summed E-state index contributed by atoms with van der Waals surface area (Å²) in [4.78, 5) is 6.65. The maximum Gasteiger partial charge on any atom is 0.133 e. The zero-order chi connectivity index (χ0) is 13.9. The fourth-order valence-corrected chi connectivity index (χ4v) is 1.50. The summed E-state index contributed by atoms with van der Waals surface area (Å²) in [7, 11) is 0. The summed E-state index contributed by atoms with van der Waals surface area (Å²) >= 11 is 0.